The first-order valence-corrected chi connectivity index (χ1v) is 7.77. The Bertz CT molecular complexity index is 351. The Labute approximate surface area is 121 Å². The summed E-state index contributed by atoms with van der Waals surface area (Å²) in [5.41, 5.74) is -0.604. The molecular weight excluding hydrogens is 256 g/mol. The van der Waals surface area contributed by atoms with Gasteiger partial charge in [0.1, 0.15) is 5.54 Å². The first kappa shape index (κ1) is 15.3. The Morgan fingerprint density at radius 1 is 1.20 bits per heavy atom. The fraction of sp³-hybridized carbons (Fsp3) is 0.867. The van der Waals surface area contributed by atoms with E-state index in [0.717, 1.165) is 51.7 Å². The van der Waals surface area contributed by atoms with E-state index in [1.165, 1.54) is 6.42 Å². The molecule has 0 radical (unpaired) electrons. The molecule has 2 aliphatic rings. The van der Waals surface area contributed by atoms with E-state index in [1.54, 1.807) is 7.11 Å². The number of unbranched alkanes of at least 4 members (excludes halogenated alkanes) is 1. The summed E-state index contributed by atoms with van der Waals surface area (Å²) in [6, 6.07) is 0. The SMILES string of the molecule is COCCCCN1CCC(=O)NC2(CCCCC2)C1=O. The summed E-state index contributed by atoms with van der Waals surface area (Å²) in [5, 5.41) is 3.02. The van der Waals surface area contributed by atoms with Gasteiger partial charge in [0.25, 0.3) is 0 Å². The molecule has 2 fully saturated rings. The lowest BCUT2D eigenvalue weighted by Crippen LogP contribution is -2.58. The number of amides is 2. The van der Waals surface area contributed by atoms with E-state index in [-0.39, 0.29) is 11.8 Å². The first-order valence-electron chi connectivity index (χ1n) is 7.77. The van der Waals surface area contributed by atoms with E-state index in [1.807, 2.05) is 4.90 Å². The van der Waals surface area contributed by atoms with Crippen molar-refractivity contribution in [3.8, 4) is 0 Å². The molecule has 0 unspecified atom stereocenters. The number of carbonyl (C=O) groups excluding carboxylic acids is 2. The van der Waals surface area contributed by atoms with Gasteiger partial charge in [0.15, 0.2) is 0 Å². The second-order valence-electron chi connectivity index (χ2n) is 5.93. The lowest BCUT2D eigenvalue weighted by atomic mass is 9.80. The van der Waals surface area contributed by atoms with Gasteiger partial charge < -0.3 is 15.0 Å². The van der Waals surface area contributed by atoms with Gasteiger partial charge in [-0.25, -0.2) is 0 Å². The van der Waals surface area contributed by atoms with Crippen molar-refractivity contribution >= 4 is 11.8 Å². The van der Waals surface area contributed by atoms with E-state index >= 15 is 0 Å². The Morgan fingerprint density at radius 2 is 1.95 bits per heavy atom. The van der Waals surface area contributed by atoms with Crippen LogP contribution in [0, 0.1) is 0 Å². The van der Waals surface area contributed by atoms with Crippen molar-refractivity contribution in [3.63, 3.8) is 0 Å². The predicted octanol–water partition coefficient (Wildman–Crippen LogP) is 1.46. The molecule has 0 bridgehead atoms. The van der Waals surface area contributed by atoms with Gasteiger partial charge in [-0.05, 0) is 25.7 Å². The van der Waals surface area contributed by atoms with Gasteiger partial charge in [-0.3, -0.25) is 9.59 Å². The van der Waals surface area contributed by atoms with Crippen molar-refractivity contribution in [3.05, 3.63) is 0 Å². The summed E-state index contributed by atoms with van der Waals surface area (Å²) in [7, 11) is 1.69. The molecule has 20 heavy (non-hydrogen) atoms. The molecule has 114 valence electrons. The van der Waals surface area contributed by atoms with Crippen molar-refractivity contribution in [1.82, 2.24) is 10.2 Å². The molecule has 2 amide bonds. The summed E-state index contributed by atoms with van der Waals surface area (Å²) < 4.78 is 5.04. The molecule has 0 aromatic carbocycles. The van der Waals surface area contributed by atoms with Crippen LogP contribution < -0.4 is 5.32 Å². The Kier molecular flexibility index (Phi) is 5.40. The van der Waals surface area contributed by atoms with Crippen molar-refractivity contribution in [1.29, 1.82) is 0 Å². The number of nitrogens with zero attached hydrogens (tertiary/aromatic N) is 1. The van der Waals surface area contributed by atoms with E-state index in [4.69, 9.17) is 4.74 Å². The molecule has 1 aliphatic heterocycles. The van der Waals surface area contributed by atoms with Crippen LogP contribution in [0.4, 0.5) is 0 Å². The van der Waals surface area contributed by atoms with Crippen molar-refractivity contribution in [2.75, 3.05) is 26.8 Å². The predicted molar refractivity (Wildman–Crippen MR) is 76.3 cm³/mol. The van der Waals surface area contributed by atoms with Crippen LogP contribution in [0.5, 0.6) is 0 Å². The highest BCUT2D eigenvalue weighted by molar-refractivity contribution is 5.93. The molecule has 1 saturated heterocycles. The molecule has 1 heterocycles. The Hall–Kier alpha value is -1.10. The number of rotatable bonds is 5. The van der Waals surface area contributed by atoms with Gasteiger partial charge >= 0.3 is 0 Å². The minimum absolute atomic E-state index is 0.0274. The highest BCUT2D eigenvalue weighted by Crippen LogP contribution is 2.31. The van der Waals surface area contributed by atoms with Crippen LogP contribution in [0.2, 0.25) is 0 Å². The van der Waals surface area contributed by atoms with Crippen LogP contribution in [-0.4, -0.2) is 49.1 Å². The van der Waals surface area contributed by atoms with Crippen LogP contribution in [-0.2, 0) is 14.3 Å². The van der Waals surface area contributed by atoms with Gasteiger partial charge in [0, 0.05) is 33.2 Å². The molecule has 0 atom stereocenters. The standard InChI is InChI=1S/C15H26N2O3/c1-20-12-6-5-10-17-11-7-13(18)16-15(14(17)19)8-3-2-4-9-15/h2-12H2,1H3,(H,16,18). The molecule has 1 N–H and O–H groups in total. The fourth-order valence-electron chi connectivity index (χ4n) is 3.28. The highest BCUT2D eigenvalue weighted by Gasteiger charge is 2.44. The van der Waals surface area contributed by atoms with Crippen LogP contribution in [0.15, 0.2) is 0 Å². The maximum Gasteiger partial charge on any atom is 0.248 e. The van der Waals surface area contributed by atoms with Gasteiger partial charge in [0.2, 0.25) is 11.8 Å². The van der Waals surface area contributed by atoms with Crippen LogP contribution in [0.25, 0.3) is 0 Å². The maximum atomic E-state index is 12.8. The topological polar surface area (TPSA) is 58.6 Å². The third-order valence-electron chi connectivity index (χ3n) is 4.42. The largest absolute Gasteiger partial charge is 0.385 e. The zero-order valence-electron chi connectivity index (χ0n) is 12.5. The second-order valence-corrected chi connectivity index (χ2v) is 5.93. The number of ether oxygens (including phenoxy) is 1. The van der Waals surface area contributed by atoms with Gasteiger partial charge in [-0.15, -0.1) is 0 Å². The highest BCUT2D eigenvalue weighted by atomic mass is 16.5. The Morgan fingerprint density at radius 3 is 2.65 bits per heavy atom. The third kappa shape index (κ3) is 3.51. The molecule has 1 spiro atoms. The number of nitrogens with one attached hydrogen (secondary N) is 1. The zero-order chi connectivity index (χ0) is 14.4. The van der Waals surface area contributed by atoms with Crippen molar-refractivity contribution < 1.29 is 14.3 Å². The molecular formula is C15H26N2O3. The number of hydrogen-bond donors (Lipinski definition) is 1. The third-order valence-corrected chi connectivity index (χ3v) is 4.42. The minimum atomic E-state index is -0.604. The van der Waals surface area contributed by atoms with Gasteiger partial charge in [-0.2, -0.15) is 0 Å². The summed E-state index contributed by atoms with van der Waals surface area (Å²) >= 11 is 0. The Balaban J connectivity index is 2.00. The minimum Gasteiger partial charge on any atom is -0.385 e. The second kappa shape index (κ2) is 7.07. The molecule has 2 rings (SSSR count). The normalized spacial score (nSPS) is 22.8. The zero-order valence-corrected chi connectivity index (χ0v) is 12.5. The fourth-order valence-corrected chi connectivity index (χ4v) is 3.28. The molecule has 0 aromatic heterocycles. The number of hydrogen-bond acceptors (Lipinski definition) is 3. The molecule has 1 aliphatic carbocycles. The van der Waals surface area contributed by atoms with Crippen molar-refractivity contribution in [2.45, 2.75) is 56.9 Å². The number of methoxy groups -OCH3 is 1. The first-order chi connectivity index (χ1) is 9.68. The molecule has 1 saturated carbocycles. The van der Waals surface area contributed by atoms with Gasteiger partial charge in [0.05, 0.1) is 0 Å². The quantitative estimate of drug-likeness (QED) is 0.777. The molecule has 5 nitrogen and oxygen atoms in total. The summed E-state index contributed by atoms with van der Waals surface area (Å²) in [5.74, 6) is 0.167. The van der Waals surface area contributed by atoms with Crippen LogP contribution in [0.3, 0.4) is 0 Å². The summed E-state index contributed by atoms with van der Waals surface area (Å²) in [6.07, 6.45) is 7.14. The lowest BCUT2D eigenvalue weighted by Gasteiger charge is -2.38. The monoisotopic (exact) mass is 282 g/mol. The van der Waals surface area contributed by atoms with E-state index < -0.39 is 5.54 Å². The smallest absolute Gasteiger partial charge is 0.248 e. The average molecular weight is 282 g/mol. The van der Waals surface area contributed by atoms with Crippen molar-refractivity contribution in [2.24, 2.45) is 0 Å². The van der Waals surface area contributed by atoms with E-state index in [0.29, 0.717) is 13.0 Å². The number of carbonyl (C=O) groups is 2. The summed E-state index contributed by atoms with van der Waals surface area (Å²) in [4.78, 5) is 26.6. The maximum absolute atomic E-state index is 12.8. The lowest BCUT2D eigenvalue weighted by molar-refractivity contribution is -0.140. The van der Waals surface area contributed by atoms with Crippen LogP contribution in [0.1, 0.15) is 51.4 Å². The van der Waals surface area contributed by atoms with E-state index in [9.17, 15) is 9.59 Å². The molecule has 5 heteroatoms. The summed E-state index contributed by atoms with van der Waals surface area (Å²) in [6.45, 7) is 2.02. The van der Waals surface area contributed by atoms with Gasteiger partial charge in [-0.1, -0.05) is 19.3 Å². The van der Waals surface area contributed by atoms with E-state index in [2.05, 4.69) is 5.32 Å². The van der Waals surface area contributed by atoms with Crippen LogP contribution >= 0.6 is 0 Å². The molecule has 0 aromatic rings. The average Bonchev–Trinajstić information content (AvgIpc) is 2.56.